The van der Waals surface area contributed by atoms with E-state index in [1.165, 1.54) is 28.2 Å². The summed E-state index contributed by atoms with van der Waals surface area (Å²) >= 11 is 1.49. The van der Waals surface area contributed by atoms with Gasteiger partial charge in [0.1, 0.15) is 24.1 Å². The molecule has 0 saturated heterocycles. The van der Waals surface area contributed by atoms with Gasteiger partial charge in [0.25, 0.3) is 5.56 Å². The molecule has 10 heteroatoms. The second-order valence-corrected chi connectivity index (χ2v) is 6.56. The van der Waals surface area contributed by atoms with Gasteiger partial charge in [0.05, 0.1) is 4.88 Å². The number of thiophene rings is 1. The first-order valence-corrected chi connectivity index (χ1v) is 8.63. The van der Waals surface area contributed by atoms with Crippen LogP contribution >= 0.6 is 11.3 Å². The number of halogens is 2. The molecule has 136 valence electrons. The molecule has 0 aliphatic heterocycles. The summed E-state index contributed by atoms with van der Waals surface area (Å²) in [6, 6.07) is 8.37. The van der Waals surface area contributed by atoms with Gasteiger partial charge in [-0.3, -0.25) is 9.59 Å². The standard InChI is InChI=1S/C17H11F2N5O2S/c18-11-4-3-10(6-12(11)19)21-16(25)8-23-17(26)14-7-13(15-2-1-5-27-15)22-24(14)9-20-23/h1-7,9H,8H2,(H,21,25). The number of nitrogens with zero attached hydrogens (tertiary/aromatic N) is 4. The molecule has 0 aliphatic rings. The molecule has 1 aromatic carbocycles. The maximum Gasteiger partial charge on any atom is 0.293 e. The van der Waals surface area contributed by atoms with Crippen LogP contribution < -0.4 is 10.9 Å². The molecule has 0 fully saturated rings. The number of hydrogen-bond donors (Lipinski definition) is 1. The van der Waals surface area contributed by atoms with Crippen molar-refractivity contribution in [1.82, 2.24) is 19.4 Å². The van der Waals surface area contributed by atoms with Crippen molar-refractivity contribution >= 4 is 28.4 Å². The second kappa shape index (κ2) is 6.72. The largest absolute Gasteiger partial charge is 0.324 e. The number of aromatic nitrogens is 4. The van der Waals surface area contributed by atoms with Crippen LogP contribution in [0.1, 0.15) is 0 Å². The Hall–Kier alpha value is -3.40. The van der Waals surface area contributed by atoms with Gasteiger partial charge >= 0.3 is 0 Å². The Bertz CT molecular complexity index is 1200. The van der Waals surface area contributed by atoms with Crippen molar-refractivity contribution in [3.8, 4) is 10.6 Å². The Morgan fingerprint density at radius 3 is 2.78 bits per heavy atom. The fourth-order valence-electron chi connectivity index (χ4n) is 2.51. The molecule has 0 radical (unpaired) electrons. The highest BCUT2D eigenvalue weighted by molar-refractivity contribution is 7.13. The van der Waals surface area contributed by atoms with Crippen LogP contribution in [-0.4, -0.2) is 25.3 Å². The van der Waals surface area contributed by atoms with Gasteiger partial charge in [-0.2, -0.15) is 10.2 Å². The molecule has 4 aromatic rings. The molecule has 1 N–H and O–H groups in total. The number of carbonyl (C=O) groups excluding carboxylic acids is 1. The Morgan fingerprint density at radius 1 is 1.19 bits per heavy atom. The topological polar surface area (TPSA) is 81.3 Å². The van der Waals surface area contributed by atoms with E-state index in [-0.39, 0.29) is 17.7 Å². The normalized spacial score (nSPS) is 11.0. The minimum absolute atomic E-state index is 0.0809. The minimum atomic E-state index is -1.08. The van der Waals surface area contributed by atoms with E-state index in [2.05, 4.69) is 15.5 Å². The molecule has 0 unspecified atom stereocenters. The van der Waals surface area contributed by atoms with E-state index in [1.807, 2.05) is 17.5 Å². The summed E-state index contributed by atoms with van der Waals surface area (Å²) < 4.78 is 28.5. The Labute approximate surface area is 154 Å². The molecule has 0 saturated carbocycles. The van der Waals surface area contributed by atoms with E-state index < -0.39 is 23.1 Å². The first-order chi connectivity index (χ1) is 13.0. The first kappa shape index (κ1) is 17.0. The molecule has 1 amide bonds. The number of anilines is 1. The number of hydrogen-bond acceptors (Lipinski definition) is 5. The monoisotopic (exact) mass is 387 g/mol. The highest BCUT2D eigenvalue weighted by Gasteiger charge is 2.13. The number of fused-ring (bicyclic) bond motifs is 1. The number of rotatable bonds is 4. The summed E-state index contributed by atoms with van der Waals surface area (Å²) in [4.78, 5) is 25.6. The van der Waals surface area contributed by atoms with Gasteiger partial charge in [0.2, 0.25) is 5.91 Å². The zero-order valence-electron chi connectivity index (χ0n) is 13.6. The lowest BCUT2D eigenvalue weighted by Crippen LogP contribution is -2.30. The van der Waals surface area contributed by atoms with Crippen LogP contribution in [0.3, 0.4) is 0 Å². The van der Waals surface area contributed by atoms with Gasteiger partial charge in [-0.1, -0.05) is 6.07 Å². The summed E-state index contributed by atoms with van der Waals surface area (Å²) in [7, 11) is 0. The third kappa shape index (κ3) is 3.34. The summed E-state index contributed by atoms with van der Waals surface area (Å²) in [5, 5.41) is 12.5. The Balaban J connectivity index is 1.58. The molecule has 0 atom stereocenters. The Kier molecular flexibility index (Phi) is 4.24. The smallest absolute Gasteiger partial charge is 0.293 e. The van der Waals surface area contributed by atoms with E-state index >= 15 is 0 Å². The predicted molar refractivity (Wildman–Crippen MR) is 95.5 cm³/mol. The zero-order valence-corrected chi connectivity index (χ0v) is 14.4. The molecule has 27 heavy (non-hydrogen) atoms. The van der Waals surface area contributed by atoms with Gasteiger partial charge in [-0.05, 0) is 29.6 Å². The van der Waals surface area contributed by atoms with Gasteiger partial charge in [0, 0.05) is 11.8 Å². The van der Waals surface area contributed by atoms with Crippen molar-refractivity contribution in [3.05, 3.63) is 70.1 Å². The molecular formula is C17H11F2N5O2S. The quantitative estimate of drug-likeness (QED) is 0.584. The van der Waals surface area contributed by atoms with Crippen LogP contribution in [0.5, 0.6) is 0 Å². The summed E-state index contributed by atoms with van der Waals surface area (Å²) in [5.41, 5.74) is 0.493. The van der Waals surface area contributed by atoms with E-state index in [1.54, 1.807) is 6.07 Å². The second-order valence-electron chi connectivity index (χ2n) is 5.61. The predicted octanol–water partition coefficient (Wildman–Crippen LogP) is 2.54. The Morgan fingerprint density at radius 2 is 2.04 bits per heavy atom. The highest BCUT2D eigenvalue weighted by Crippen LogP contribution is 2.23. The van der Waals surface area contributed by atoms with Gasteiger partial charge in [0.15, 0.2) is 11.6 Å². The van der Waals surface area contributed by atoms with E-state index in [9.17, 15) is 18.4 Å². The van der Waals surface area contributed by atoms with Crippen molar-refractivity contribution in [2.24, 2.45) is 0 Å². The maximum absolute atomic E-state index is 13.2. The molecule has 0 bridgehead atoms. The lowest BCUT2D eigenvalue weighted by molar-refractivity contribution is -0.117. The fourth-order valence-corrected chi connectivity index (χ4v) is 3.19. The molecule has 3 heterocycles. The van der Waals surface area contributed by atoms with E-state index in [0.29, 0.717) is 5.69 Å². The van der Waals surface area contributed by atoms with Gasteiger partial charge in [-0.15, -0.1) is 11.3 Å². The van der Waals surface area contributed by atoms with Crippen LogP contribution in [0.25, 0.3) is 16.1 Å². The molecule has 7 nitrogen and oxygen atoms in total. The van der Waals surface area contributed by atoms with Crippen LogP contribution in [0.15, 0.2) is 52.9 Å². The van der Waals surface area contributed by atoms with E-state index in [0.717, 1.165) is 21.7 Å². The molecule has 3 aromatic heterocycles. The SMILES string of the molecule is O=C(Cn1ncn2nc(-c3cccs3)cc2c1=O)Nc1ccc(F)c(F)c1. The van der Waals surface area contributed by atoms with Crippen LogP contribution in [0.4, 0.5) is 14.5 Å². The van der Waals surface area contributed by atoms with Gasteiger partial charge < -0.3 is 5.32 Å². The average molecular weight is 387 g/mol. The number of amides is 1. The number of benzene rings is 1. The molecule has 4 rings (SSSR count). The number of nitrogens with one attached hydrogen (secondary N) is 1. The van der Waals surface area contributed by atoms with Crippen molar-refractivity contribution in [2.75, 3.05) is 5.32 Å². The van der Waals surface area contributed by atoms with Crippen molar-refractivity contribution in [3.63, 3.8) is 0 Å². The maximum atomic E-state index is 13.2. The van der Waals surface area contributed by atoms with Crippen LogP contribution in [0, 0.1) is 11.6 Å². The van der Waals surface area contributed by atoms with Crippen molar-refractivity contribution < 1.29 is 13.6 Å². The van der Waals surface area contributed by atoms with Crippen LogP contribution in [-0.2, 0) is 11.3 Å². The highest BCUT2D eigenvalue weighted by atomic mass is 32.1. The molecular weight excluding hydrogens is 376 g/mol. The van der Waals surface area contributed by atoms with Gasteiger partial charge in [-0.25, -0.2) is 18.0 Å². The van der Waals surface area contributed by atoms with Crippen molar-refractivity contribution in [2.45, 2.75) is 6.54 Å². The summed E-state index contributed by atoms with van der Waals surface area (Å²) in [6.45, 7) is -0.381. The minimum Gasteiger partial charge on any atom is -0.324 e. The summed E-state index contributed by atoms with van der Waals surface area (Å²) in [5.74, 6) is -2.69. The lowest BCUT2D eigenvalue weighted by Gasteiger charge is -2.07. The molecule has 0 spiro atoms. The third-order valence-corrected chi connectivity index (χ3v) is 4.65. The lowest BCUT2D eigenvalue weighted by atomic mass is 10.3. The summed E-state index contributed by atoms with van der Waals surface area (Å²) in [6.07, 6.45) is 1.33. The first-order valence-electron chi connectivity index (χ1n) is 7.75. The van der Waals surface area contributed by atoms with Crippen LogP contribution in [0.2, 0.25) is 0 Å². The fraction of sp³-hybridized carbons (Fsp3) is 0.0588. The average Bonchev–Trinajstić information content (AvgIpc) is 3.30. The number of carbonyl (C=O) groups is 1. The zero-order chi connectivity index (χ0) is 19.0. The molecule has 0 aliphatic carbocycles. The van der Waals surface area contributed by atoms with E-state index in [4.69, 9.17) is 0 Å². The third-order valence-electron chi connectivity index (χ3n) is 3.76. The van der Waals surface area contributed by atoms with Crippen molar-refractivity contribution in [1.29, 1.82) is 0 Å².